The molecule has 0 amide bonds. The second-order valence-corrected chi connectivity index (χ2v) is 4.76. The van der Waals surface area contributed by atoms with E-state index >= 15 is 0 Å². The predicted molar refractivity (Wildman–Crippen MR) is 72.3 cm³/mol. The highest BCUT2D eigenvalue weighted by Gasteiger charge is 2.22. The van der Waals surface area contributed by atoms with E-state index in [0.717, 1.165) is 31.6 Å². The number of carbonyl (C=O) groups excluding carboxylic acids is 1. The molecule has 1 N–H and O–H groups in total. The van der Waals surface area contributed by atoms with Gasteiger partial charge in [-0.2, -0.15) is 0 Å². The summed E-state index contributed by atoms with van der Waals surface area (Å²) in [5.41, 5.74) is 0.329. The van der Waals surface area contributed by atoms with E-state index in [0.29, 0.717) is 18.8 Å². The molecule has 1 atom stereocenters. The molecule has 0 saturated carbocycles. The lowest BCUT2D eigenvalue weighted by Crippen LogP contribution is -2.23. The van der Waals surface area contributed by atoms with E-state index < -0.39 is 0 Å². The Labute approximate surface area is 113 Å². The fourth-order valence-corrected chi connectivity index (χ4v) is 2.05. The van der Waals surface area contributed by atoms with Crippen molar-refractivity contribution in [2.24, 2.45) is 0 Å². The van der Waals surface area contributed by atoms with E-state index in [4.69, 9.17) is 4.74 Å². The zero-order valence-electron chi connectivity index (χ0n) is 11.2. The SMILES string of the molecule is CCCCOC(=O)c1cccc(N2CC[C@@H](O)C2)n1. The minimum absolute atomic E-state index is 0.304. The summed E-state index contributed by atoms with van der Waals surface area (Å²) in [6, 6.07) is 5.30. The van der Waals surface area contributed by atoms with Crippen LogP contribution in [0.25, 0.3) is 0 Å². The number of hydrogen-bond acceptors (Lipinski definition) is 5. The molecule has 0 aliphatic carbocycles. The van der Waals surface area contributed by atoms with Gasteiger partial charge in [0.05, 0.1) is 12.7 Å². The number of aliphatic hydroxyl groups is 1. The number of hydrogen-bond donors (Lipinski definition) is 1. The van der Waals surface area contributed by atoms with Gasteiger partial charge >= 0.3 is 5.97 Å². The Kier molecular flexibility index (Phi) is 4.74. The minimum atomic E-state index is -0.380. The van der Waals surface area contributed by atoms with Crippen molar-refractivity contribution in [2.45, 2.75) is 32.3 Å². The third-order valence-corrected chi connectivity index (χ3v) is 3.16. The highest BCUT2D eigenvalue weighted by atomic mass is 16.5. The maximum absolute atomic E-state index is 11.8. The summed E-state index contributed by atoms with van der Waals surface area (Å²) in [5, 5.41) is 9.52. The molecular formula is C14H20N2O3. The van der Waals surface area contributed by atoms with Gasteiger partial charge in [-0.25, -0.2) is 9.78 Å². The molecule has 5 heteroatoms. The molecule has 1 aliphatic rings. The Morgan fingerprint density at radius 1 is 1.58 bits per heavy atom. The first-order valence-corrected chi connectivity index (χ1v) is 6.78. The summed E-state index contributed by atoms with van der Waals surface area (Å²) < 4.78 is 5.14. The molecule has 1 saturated heterocycles. The summed E-state index contributed by atoms with van der Waals surface area (Å²) in [5.74, 6) is 0.344. The number of unbranched alkanes of at least 4 members (excludes halogenated alkanes) is 1. The Hall–Kier alpha value is -1.62. The van der Waals surface area contributed by atoms with Crippen molar-refractivity contribution in [2.75, 3.05) is 24.6 Å². The number of β-amino-alcohol motifs (C(OH)–C–C–N with tert-alkyl or cyclic N) is 1. The van der Waals surface area contributed by atoms with E-state index in [9.17, 15) is 9.90 Å². The molecule has 2 heterocycles. The highest BCUT2D eigenvalue weighted by Crippen LogP contribution is 2.18. The molecule has 5 nitrogen and oxygen atoms in total. The number of rotatable bonds is 5. The number of ether oxygens (including phenoxy) is 1. The summed E-state index contributed by atoms with van der Waals surface area (Å²) in [6.45, 7) is 3.82. The third-order valence-electron chi connectivity index (χ3n) is 3.16. The molecule has 2 rings (SSSR count). The monoisotopic (exact) mass is 264 g/mol. The van der Waals surface area contributed by atoms with Gasteiger partial charge in [-0.1, -0.05) is 19.4 Å². The van der Waals surface area contributed by atoms with Crippen molar-refractivity contribution >= 4 is 11.8 Å². The van der Waals surface area contributed by atoms with Crippen LogP contribution in [0.2, 0.25) is 0 Å². The fourth-order valence-electron chi connectivity index (χ4n) is 2.05. The van der Waals surface area contributed by atoms with Crippen molar-refractivity contribution in [1.29, 1.82) is 0 Å². The molecule has 1 aromatic heterocycles. The second-order valence-electron chi connectivity index (χ2n) is 4.76. The van der Waals surface area contributed by atoms with Gasteiger partial charge in [0.25, 0.3) is 0 Å². The van der Waals surface area contributed by atoms with Crippen molar-refractivity contribution in [3.8, 4) is 0 Å². The maximum Gasteiger partial charge on any atom is 0.357 e. The van der Waals surface area contributed by atoms with Gasteiger partial charge in [0.2, 0.25) is 0 Å². The number of aliphatic hydroxyl groups excluding tert-OH is 1. The first kappa shape index (κ1) is 13.8. The normalized spacial score (nSPS) is 18.6. The lowest BCUT2D eigenvalue weighted by atomic mass is 10.3. The fraction of sp³-hybridized carbons (Fsp3) is 0.571. The van der Waals surface area contributed by atoms with E-state index in [1.165, 1.54) is 0 Å². The first-order valence-electron chi connectivity index (χ1n) is 6.78. The van der Waals surface area contributed by atoms with Gasteiger partial charge in [0.1, 0.15) is 5.82 Å². The van der Waals surface area contributed by atoms with Crippen LogP contribution in [-0.4, -0.2) is 41.9 Å². The Morgan fingerprint density at radius 2 is 2.42 bits per heavy atom. The maximum atomic E-state index is 11.8. The van der Waals surface area contributed by atoms with Crippen molar-refractivity contribution in [3.63, 3.8) is 0 Å². The van der Waals surface area contributed by atoms with Crippen molar-refractivity contribution < 1.29 is 14.6 Å². The number of aromatic nitrogens is 1. The van der Waals surface area contributed by atoms with Crippen molar-refractivity contribution in [3.05, 3.63) is 23.9 Å². The molecule has 104 valence electrons. The van der Waals surface area contributed by atoms with Crippen LogP contribution >= 0.6 is 0 Å². The Morgan fingerprint density at radius 3 is 3.11 bits per heavy atom. The van der Waals surface area contributed by atoms with E-state index in [-0.39, 0.29) is 12.1 Å². The van der Waals surface area contributed by atoms with Gasteiger partial charge in [0, 0.05) is 13.1 Å². The van der Waals surface area contributed by atoms with Crippen LogP contribution in [0.4, 0.5) is 5.82 Å². The van der Waals surface area contributed by atoms with Crippen LogP contribution in [0.15, 0.2) is 18.2 Å². The number of anilines is 1. The second kappa shape index (κ2) is 6.52. The predicted octanol–water partition coefficient (Wildman–Crippen LogP) is 1.61. The van der Waals surface area contributed by atoms with Crippen LogP contribution in [0, 0.1) is 0 Å². The third kappa shape index (κ3) is 3.67. The van der Waals surface area contributed by atoms with Crippen molar-refractivity contribution in [1.82, 2.24) is 4.98 Å². The Bertz CT molecular complexity index is 436. The van der Waals surface area contributed by atoms with Crippen LogP contribution in [0.1, 0.15) is 36.7 Å². The molecule has 0 spiro atoms. The zero-order valence-corrected chi connectivity index (χ0v) is 11.2. The smallest absolute Gasteiger partial charge is 0.357 e. The molecule has 1 fully saturated rings. The standard InChI is InChI=1S/C14H20N2O3/c1-2-3-9-19-14(18)12-5-4-6-13(15-12)16-8-7-11(17)10-16/h4-6,11,17H,2-3,7-10H2,1H3/t11-/m1/s1. The summed E-state index contributed by atoms with van der Waals surface area (Å²) in [6.07, 6.45) is 2.30. The molecule has 1 aliphatic heterocycles. The molecule has 0 unspecified atom stereocenters. The van der Waals surface area contributed by atoms with Crippen LogP contribution in [0.5, 0.6) is 0 Å². The van der Waals surface area contributed by atoms with Crippen LogP contribution in [-0.2, 0) is 4.74 Å². The number of nitrogens with zero attached hydrogens (tertiary/aromatic N) is 2. The quantitative estimate of drug-likeness (QED) is 0.646. The lowest BCUT2D eigenvalue weighted by Gasteiger charge is -2.16. The molecule has 0 radical (unpaired) electrons. The number of esters is 1. The molecule has 0 aromatic carbocycles. The van der Waals surface area contributed by atoms with E-state index in [1.807, 2.05) is 17.9 Å². The van der Waals surface area contributed by atoms with Gasteiger partial charge in [-0.3, -0.25) is 0 Å². The largest absolute Gasteiger partial charge is 0.461 e. The molecule has 1 aromatic rings. The molecule has 19 heavy (non-hydrogen) atoms. The average Bonchev–Trinajstić information content (AvgIpc) is 2.86. The van der Waals surface area contributed by atoms with Gasteiger partial charge < -0.3 is 14.7 Å². The van der Waals surface area contributed by atoms with Crippen LogP contribution < -0.4 is 4.90 Å². The minimum Gasteiger partial charge on any atom is -0.461 e. The summed E-state index contributed by atoms with van der Waals surface area (Å²) in [4.78, 5) is 18.1. The Balaban J connectivity index is 2.00. The molecule has 0 bridgehead atoms. The zero-order chi connectivity index (χ0) is 13.7. The topological polar surface area (TPSA) is 62.7 Å². The summed E-state index contributed by atoms with van der Waals surface area (Å²) >= 11 is 0. The van der Waals surface area contributed by atoms with Gasteiger partial charge in [0.15, 0.2) is 5.69 Å². The van der Waals surface area contributed by atoms with E-state index in [1.54, 1.807) is 12.1 Å². The highest BCUT2D eigenvalue weighted by molar-refractivity contribution is 5.87. The van der Waals surface area contributed by atoms with Gasteiger partial charge in [-0.05, 0) is 25.0 Å². The van der Waals surface area contributed by atoms with Crippen LogP contribution in [0.3, 0.4) is 0 Å². The van der Waals surface area contributed by atoms with Gasteiger partial charge in [-0.15, -0.1) is 0 Å². The lowest BCUT2D eigenvalue weighted by molar-refractivity contribution is 0.0493. The number of pyridine rings is 1. The molecular weight excluding hydrogens is 244 g/mol. The summed E-state index contributed by atoms with van der Waals surface area (Å²) in [7, 11) is 0. The first-order chi connectivity index (χ1) is 9.20. The average molecular weight is 264 g/mol. The number of carbonyl (C=O) groups is 1. The van der Waals surface area contributed by atoms with E-state index in [2.05, 4.69) is 4.98 Å².